The molecular formula is C14H13N3O3. The Balaban J connectivity index is 1.98. The van der Waals surface area contributed by atoms with Crippen LogP contribution in [0.3, 0.4) is 0 Å². The number of para-hydroxylation sites is 1. The molecule has 2 heterocycles. The van der Waals surface area contributed by atoms with E-state index in [0.29, 0.717) is 29.4 Å². The molecule has 1 amide bonds. The van der Waals surface area contributed by atoms with E-state index in [0.717, 1.165) is 5.56 Å². The Morgan fingerprint density at radius 3 is 2.80 bits per heavy atom. The van der Waals surface area contributed by atoms with E-state index in [1.165, 1.54) is 4.90 Å². The summed E-state index contributed by atoms with van der Waals surface area (Å²) in [6.45, 7) is 3.90. The Labute approximate surface area is 115 Å². The van der Waals surface area contributed by atoms with Gasteiger partial charge in [-0.25, -0.2) is 0 Å². The van der Waals surface area contributed by atoms with Crippen molar-refractivity contribution in [3.8, 4) is 0 Å². The minimum Gasteiger partial charge on any atom is -0.337 e. The van der Waals surface area contributed by atoms with Gasteiger partial charge in [-0.1, -0.05) is 24.2 Å². The van der Waals surface area contributed by atoms with Crippen molar-refractivity contribution in [2.24, 2.45) is 0 Å². The van der Waals surface area contributed by atoms with Crippen LogP contribution in [0.5, 0.6) is 0 Å². The second kappa shape index (κ2) is 4.56. The molecule has 0 aliphatic carbocycles. The van der Waals surface area contributed by atoms with E-state index in [1.807, 2.05) is 19.9 Å². The Bertz CT molecular complexity index is 705. The number of ketones is 1. The standard InChI is InChI=1S/C14H13N3O3/c1-3-10-15-11(20-16-10)7-17-12-8(2)5-4-6-9(12)13(18)14(17)19/h4-6H,3,7H2,1-2H3. The van der Waals surface area contributed by atoms with Gasteiger partial charge >= 0.3 is 0 Å². The van der Waals surface area contributed by atoms with Crippen LogP contribution in [0.1, 0.15) is 34.6 Å². The third-order valence-corrected chi connectivity index (χ3v) is 3.31. The first-order valence-corrected chi connectivity index (χ1v) is 6.39. The lowest BCUT2D eigenvalue weighted by Crippen LogP contribution is -2.29. The van der Waals surface area contributed by atoms with Gasteiger partial charge in [0, 0.05) is 6.42 Å². The fourth-order valence-corrected chi connectivity index (χ4v) is 2.32. The number of Topliss-reactive ketones (excluding diaryl/α,β-unsaturated/α-hetero) is 1. The van der Waals surface area contributed by atoms with Crippen LogP contribution in [-0.2, 0) is 17.8 Å². The van der Waals surface area contributed by atoms with Crippen LogP contribution in [0.2, 0.25) is 0 Å². The van der Waals surface area contributed by atoms with Crippen molar-refractivity contribution in [1.29, 1.82) is 0 Å². The van der Waals surface area contributed by atoms with E-state index < -0.39 is 11.7 Å². The molecule has 3 rings (SSSR count). The summed E-state index contributed by atoms with van der Waals surface area (Å²) in [4.78, 5) is 29.6. The van der Waals surface area contributed by atoms with Gasteiger partial charge in [-0.2, -0.15) is 4.98 Å². The van der Waals surface area contributed by atoms with Crippen LogP contribution in [0.25, 0.3) is 0 Å². The minimum absolute atomic E-state index is 0.120. The summed E-state index contributed by atoms with van der Waals surface area (Å²) in [5.74, 6) is -0.119. The highest BCUT2D eigenvalue weighted by Crippen LogP contribution is 2.33. The number of hydrogen-bond donors (Lipinski definition) is 0. The average Bonchev–Trinajstić information content (AvgIpc) is 2.99. The Kier molecular flexibility index (Phi) is 2.85. The molecule has 0 saturated heterocycles. The van der Waals surface area contributed by atoms with Crippen molar-refractivity contribution in [1.82, 2.24) is 10.1 Å². The molecule has 0 fully saturated rings. The first-order chi connectivity index (χ1) is 9.61. The van der Waals surface area contributed by atoms with E-state index in [4.69, 9.17) is 4.52 Å². The molecule has 6 nitrogen and oxygen atoms in total. The van der Waals surface area contributed by atoms with Crippen LogP contribution < -0.4 is 4.90 Å². The van der Waals surface area contributed by atoms with Crippen LogP contribution in [0.4, 0.5) is 5.69 Å². The number of amides is 1. The smallest absolute Gasteiger partial charge is 0.299 e. The summed E-state index contributed by atoms with van der Waals surface area (Å²) < 4.78 is 5.09. The molecule has 1 aromatic heterocycles. The zero-order valence-corrected chi connectivity index (χ0v) is 11.2. The zero-order valence-electron chi connectivity index (χ0n) is 11.2. The maximum Gasteiger partial charge on any atom is 0.299 e. The number of rotatable bonds is 3. The van der Waals surface area contributed by atoms with Gasteiger partial charge in [-0.05, 0) is 18.6 Å². The summed E-state index contributed by atoms with van der Waals surface area (Å²) >= 11 is 0. The Morgan fingerprint density at radius 2 is 2.10 bits per heavy atom. The first kappa shape index (κ1) is 12.5. The fourth-order valence-electron chi connectivity index (χ4n) is 2.32. The number of fused-ring (bicyclic) bond motifs is 1. The van der Waals surface area contributed by atoms with Crippen LogP contribution in [-0.4, -0.2) is 21.8 Å². The second-order valence-electron chi connectivity index (χ2n) is 4.65. The molecule has 0 saturated carbocycles. The summed E-state index contributed by atoms with van der Waals surface area (Å²) in [6.07, 6.45) is 0.659. The van der Waals surface area contributed by atoms with E-state index in [2.05, 4.69) is 10.1 Å². The first-order valence-electron chi connectivity index (χ1n) is 6.39. The summed E-state index contributed by atoms with van der Waals surface area (Å²) in [6, 6.07) is 5.29. The van der Waals surface area contributed by atoms with E-state index in [-0.39, 0.29) is 6.54 Å². The number of benzene rings is 1. The van der Waals surface area contributed by atoms with Gasteiger partial charge in [0.05, 0.1) is 11.3 Å². The molecule has 1 aliphatic rings. The van der Waals surface area contributed by atoms with Crippen molar-refractivity contribution < 1.29 is 14.1 Å². The molecule has 0 N–H and O–H groups in total. The van der Waals surface area contributed by atoms with Gasteiger partial charge in [0.1, 0.15) is 6.54 Å². The summed E-state index contributed by atoms with van der Waals surface area (Å²) in [5, 5.41) is 3.79. The van der Waals surface area contributed by atoms with Crippen LogP contribution in [0, 0.1) is 6.92 Å². The largest absolute Gasteiger partial charge is 0.337 e. The minimum atomic E-state index is -0.550. The molecule has 1 aromatic carbocycles. The second-order valence-corrected chi connectivity index (χ2v) is 4.65. The highest BCUT2D eigenvalue weighted by atomic mass is 16.5. The Morgan fingerprint density at radius 1 is 1.30 bits per heavy atom. The topological polar surface area (TPSA) is 76.3 Å². The van der Waals surface area contributed by atoms with Crippen molar-refractivity contribution >= 4 is 17.4 Å². The zero-order chi connectivity index (χ0) is 14.3. The predicted molar refractivity (Wildman–Crippen MR) is 70.4 cm³/mol. The summed E-state index contributed by atoms with van der Waals surface area (Å²) in [7, 11) is 0. The maximum absolute atomic E-state index is 12.1. The highest BCUT2D eigenvalue weighted by molar-refractivity contribution is 6.52. The number of aryl methyl sites for hydroxylation is 2. The molecule has 0 atom stereocenters. The number of nitrogens with zero attached hydrogens (tertiary/aromatic N) is 3. The van der Waals surface area contributed by atoms with Crippen LogP contribution in [0.15, 0.2) is 22.7 Å². The lowest BCUT2D eigenvalue weighted by molar-refractivity contribution is -0.114. The number of aromatic nitrogens is 2. The van der Waals surface area contributed by atoms with E-state index in [9.17, 15) is 9.59 Å². The van der Waals surface area contributed by atoms with Crippen molar-refractivity contribution in [3.63, 3.8) is 0 Å². The highest BCUT2D eigenvalue weighted by Gasteiger charge is 2.37. The third kappa shape index (κ3) is 1.80. The van der Waals surface area contributed by atoms with Gasteiger partial charge in [-0.15, -0.1) is 0 Å². The SMILES string of the molecule is CCc1noc(CN2C(=O)C(=O)c3cccc(C)c32)n1. The molecule has 0 unspecified atom stereocenters. The van der Waals surface area contributed by atoms with Crippen molar-refractivity contribution in [2.75, 3.05) is 4.90 Å². The molecule has 2 aromatic rings. The van der Waals surface area contributed by atoms with E-state index in [1.54, 1.807) is 12.1 Å². The van der Waals surface area contributed by atoms with Crippen molar-refractivity contribution in [3.05, 3.63) is 41.0 Å². The lowest BCUT2D eigenvalue weighted by atomic mass is 10.1. The number of carbonyl (C=O) groups is 2. The molecule has 0 spiro atoms. The van der Waals surface area contributed by atoms with Gasteiger partial charge in [0.25, 0.3) is 11.7 Å². The molecule has 1 aliphatic heterocycles. The quantitative estimate of drug-likeness (QED) is 0.794. The van der Waals surface area contributed by atoms with Crippen molar-refractivity contribution in [2.45, 2.75) is 26.8 Å². The molecule has 0 bridgehead atoms. The van der Waals surface area contributed by atoms with Crippen LogP contribution >= 0.6 is 0 Å². The fraction of sp³-hybridized carbons (Fsp3) is 0.286. The molecule has 6 heteroatoms. The van der Waals surface area contributed by atoms with Gasteiger partial charge in [0.15, 0.2) is 5.82 Å². The number of carbonyl (C=O) groups excluding carboxylic acids is 2. The van der Waals surface area contributed by atoms with Gasteiger partial charge in [0.2, 0.25) is 5.89 Å². The molecular weight excluding hydrogens is 258 g/mol. The number of anilines is 1. The molecule has 0 radical (unpaired) electrons. The lowest BCUT2D eigenvalue weighted by Gasteiger charge is -2.15. The molecule has 102 valence electrons. The van der Waals surface area contributed by atoms with Gasteiger partial charge in [-0.3, -0.25) is 14.5 Å². The molecule has 20 heavy (non-hydrogen) atoms. The monoisotopic (exact) mass is 271 g/mol. The summed E-state index contributed by atoms with van der Waals surface area (Å²) in [5.41, 5.74) is 1.95. The predicted octanol–water partition coefficient (Wildman–Crippen LogP) is 1.67. The maximum atomic E-state index is 12.1. The normalized spacial score (nSPS) is 14.0. The average molecular weight is 271 g/mol. The Hall–Kier alpha value is -2.50. The van der Waals surface area contributed by atoms with E-state index >= 15 is 0 Å². The van der Waals surface area contributed by atoms with Gasteiger partial charge < -0.3 is 4.52 Å². The number of hydrogen-bond acceptors (Lipinski definition) is 5. The third-order valence-electron chi connectivity index (χ3n) is 3.31.